The third kappa shape index (κ3) is 3.71. The molecule has 0 atom stereocenters. The van der Waals surface area contributed by atoms with Gasteiger partial charge in [0.1, 0.15) is 5.54 Å². The van der Waals surface area contributed by atoms with E-state index in [1.54, 1.807) is 0 Å². The molecule has 0 spiro atoms. The van der Waals surface area contributed by atoms with Crippen molar-refractivity contribution in [1.29, 1.82) is 0 Å². The fourth-order valence-corrected chi connectivity index (χ4v) is 2.43. The number of methoxy groups -OCH3 is 1. The minimum Gasteiger partial charge on any atom is -0.467 e. The second kappa shape index (κ2) is 6.81. The van der Waals surface area contributed by atoms with Crippen LogP contribution < -0.4 is 5.32 Å². The Labute approximate surface area is 147 Å². The second-order valence-electron chi connectivity index (χ2n) is 6.14. The van der Waals surface area contributed by atoms with E-state index in [0.29, 0.717) is 0 Å². The zero-order valence-corrected chi connectivity index (χ0v) is 14.6. The van der Waals surface area contributed by atoms with Gasteiger partial charge in [0.2, 0.25) is 0 Å². The highest BCUT2D eigenvalue weighted by molar-refractivity contribution is 5.98. The van der Waals surface area contributed by atoms with Crippen molar-refractivity contribution < 1.29 is 27.5 Å². The Bertz CT molecular complexity index is 841. The number of para-hydroxylation sites is 1. The molecule has 2 aromatic rings. The lowest BCUT2D eigenvalue weighted by Gasteiger charge is -2.22. The summed E-state index contributed by atoms with van der Waals surface area (Å²) in [6, 6.07) is 4.93. The van der Waals surface area contributed by atoms with Crippen molar-refractivity contribution in [1.82, 2.24) is 15.1 Å². The van der Waals surface area contributed by atoms with Crippen LogP contribution in [0.2, 0.25) is 0 Å². The zero-order chi connectivity index (χ0) is 19.7. The molecule has 26 heavy (non-hydrogen) atoms. The monoisotopic (exact) mass is 369 g/mol. The van der Waals surface area contributed by atoms with E-state index in [0.717, 1.165) is 16.9 Å². The highest BCUT2D eigenvalue weighted by Crippen LogP contribution is 2.34. The van der Waals surface area contributed by atoms with E-state index >= 15 is 0 Å². The number of aromatic nitrogens is 2. The molecule has 6 nitrogen and oxygen atoms in total. The quantitative estimate of drug-likeness (QED) is 0.841. The number of benzene rings is 1. The van der Waals surface area contributed by atoms with E-state index in [1.165, 1.54) is 46.1 Å². The molecule has 0 aliphatic rings. The van der Waals surface area contributed by atoms with Crippen LogP contribution in [0.3, 0.4) is 0 Å². The number of carbonyl (C=O) groups excluding carboxylic acids is 2. The maximum absolute atomic E-state index is 13.2. The van der Waals surface area contributed by atoms with Gasteiger partial charge in [0.25, 0.3) is 5.91 Å². The van der Waals surface area contributed by atoms with Crippen LogP contribution in [0, 0.1) is 6.92 Å². The van der Waals surface area contributed by atoms with E-state index in [-0.39, 0.29) is 16.9 Å². The van der Waals surface area contributed by atoms with Gasteiger partial charge >= 0.3 is 12.1 Å². The minimum atomic E-state index is -4.57. The third-order valence-corrected chi connectivity index (χ3v) is 3.81. The van der Waals surface area contributed by atoms with Crippen LogP contribution in [-0.4, -0.2) is 34.3 Å². The predicted octanol–water partition coefficient (Wildman–Crippen LogP) is 2.88. The summed E-state index contributed by atoms with van der Waals surface area (Å²) in [5, 5.41) is 6.40. The first-order valence-corrected chi connectivity index (χ1v) is 7.61. The fraction of sp³-hybridized carbons (Fsp3) is 0.353. The number of hydrogen-bond acceptors (Lipinski definition) is 4. The van der Waals surface area contributed by atoms with Gasteiger partial charge in [0.05, 0.1) is 35.8 Å². The van der Waals surface area contributed by atoms with Gasteiger partial charge in [-0.15, -0.1) is 0 Å². The lowest BCUT2D eigenvalue weighted by molar-refractivity contribution is -0.146. The summed E-state index contributed by atoms with van der Waals surface area (Å²) in [7, 11) is 1.19. The number of esters is 1. The maximum Gasteiger partial charge on any atom is 0.418 e. The van der Waals surface area contributed by atoms with Gasteiger partial charge in [0.15, 0.2) is 0 Å². The average Bonchev–Trinajstić information content (AvgIpc) is 2.94. The topological polar surface area (TPSA) is 73.2 Å². The predicted molar refractivity (Wildman–Crippen MR) is 86.9 cm³/mol. The van der Waals surface area contributed by atoms with Gasteiger partial charge in [-0.3, -0.25) is 4.79 Å². The molecule has 1 N–H and O–H groups in total. The molecule has 0 saturated heterocycles. The summed E-state index contributed by atoms with van der Waals surface area (Å²) in [4.78, 5) is 24.1. The number of alkyl halides is 3. The molecule has 1 aromatic carbocycles. The van der Waals surface area contributed by atoms with Crippen molar-refractivity contribution in [3.8, 4) is 5.69 Å². The third-order valence-electron chi connectivity index (χ3n) is 3.81. The molecular formula is C17H18F3N3O3. The van der Waals surface area contributed by atoms with Gasteiger partial charge in [0, 0.05) is 0 Å². The smallest absolute Gasteiger partial charge is 0.418 e. The molecule has 1 amide bonds. The SMILES string of the molecule is COC(=O)C(C)(C)NC(=O)c1cnn(-c2ccccc2C(F)(F)F)c1C. The Balaban J connectivity index is 2.41. The van der Waals surface area contributed by atoms with Gasteiger partial charge in [-0.1, -0.05) is 12.1 Å². The van der Waals surface area contributed by atoms with E-state index < -0.39 is 29.2 Å². The molecule has 0 unspecified atom stereocenters. The first-order chi connectivity index (χ1) is 12.0. The number of nitrogens with zero attached hydrogens (tertiary/aromatic N) is 2. The molecule has 140 valence electrons. The van der Waals surface area contributed by atoms with Crippen molar-refractivity contribution in [3.63, 3.8) is 0 Å². The van der Waals surface area contributed by atoms with Crippen molar-refractivity contribution >= 4 is 11.9 Å². The van der Waals surface area contributed by atoms with Crippen LogP contribution in [0.1, 0.15) is 35.5 Å². The highest BCUT2D eigenvalue weighted by atomic mass is 19.4. The molecule has 1 heterocycles. The van der Waals surface area contributed by atoms with E-state index in [1.807, 2.05) is 0 Å². The second-order valence-corrected chi connectivity index (χ2v) is 6.14. The van der Waals surface area contributed by atoms with Crippen LogP contribution in [-0.2, 0) is 15.7 Å². The molecule has 1 aromatic heterocycles. The first-order valence-electron chi connectivity index (χ1n) is 7.61. The normalized spacial score (nSPS) is 12.0. The molecule has 0 fully saturated rings. The van der Waals surface area contributed by atoms with Crippen LogP contribution in [0.5, 0.6) is 0 Å². The molecule has 0 aliphatic carbocycles. The van der Waals surface area contributed by atoms with Crippen LogP contribution in [0.25, 0.3) is 5.69 Å². The number of rotatable bonds is 4. The Morgan fingerprint density at radius 1 is 1.19 bits per heavy atom. The van der Waals surface area contributed by atoms with Crippen molar-refractivity contribution in [2.45, 2.75) is 32.5 Å². The lowest BCUT2D eigenvalue weighted by Crippen LogP contribution is -2.50. The van der Waals surface area contributed by atoms with E-state index in [2.05, 4.69) is 15.2 Å². The summed E-state index contributed by atoms with van der Waals surface area (Å²) >= 11 is 0. The van der Waals surface area contributed by atoms with Crippen molar-refractivity contribution in [2.75, 3.05) is 7.11 Å². The lowest BCUT2D eigenvalue weighted by atomic mass is 10.1. The largest absolute Gasteiger partial charge is 0.467 e. The molecule has 9 heteroatoms. The first kappa shape index (κ1) is 19.5. The van der Waals surface area contributed by atoms with E-state index in [9.17, 15) is 22.8 Å². The summed E-state index contributed by atoms with van der Waals surface area (Å²) in [5.41, 5.74) is -2.10. The Morgan fingerprint density at radius 2 is 1.81 bits per heavy atom. The number of ether oxygens (including phenoxy) is 1. The van der Waals surface area contributed by atoms with Gasteiger partial charge < -0.3 is 10.1 Å². The standard InChI is InChI=1S/C17H18F3N3O3/c1-10-11(14(24)22-16(2,3)15(25)26-4)9-21-23(10)13-8-6-5-7-12(13)17(18,19)20/h5-9H,1-4H3,(H,22,24). The van der Waals surface area contributed by atoms with Crippen molar-refractivity contribution in [2.24, 2.45) is 0 Å². The number of halogens is 3. The Kier molecular flexibility index (Phi) is 5.11. The summed E-state index contributed by atoms with van der Waals surface area (Å²) in [6.45, 7) is 4.38. The average molecular weight is 369 g/mol. The Hall–Kier alpha value is -2.84. The van der Waals surface area contributed by atoms with Crippen molar-refractivity contribution in [3.05, 3.63) is 47.3 Å². The van der Waals surface area contributed by atoms with Crippen LogP contribution >= 0.6 is 0 Å². The van der Waals surface area contributed by atoms with E-state index in [4.69, 9.17) is 0 Å². The number of carbonyl (C=O) groups is 2. The summed E-state index contributed by atoms with van der Waals surface area (Å²) < 4.78 is 45.3. The van der Waals surface area contributed by atoms with Crippen LogP contribution in [0.4, 0.5) is 13.2 Å². The number of nitrogens with one attached hydrogen (secondary N) is 1. The van der Waals surface area contributed by atoms with Gasteiger partial charge in [-0.2, -0.15) is 18.3 Å². The Morgan fingerprint density at radius 3 is 2.38 bits per heavy atom. The van der Waals surface area contributed by atoms with Gasteiger partial charge in [-0.05, 0) is 32.9 Å². The molecule has 2 rings (SSSR count). The van der Waals surface area contributed by atoms with Gasteiger partial charge in [-0.25, -0.2) is 9.48 Å². The molecule has 0 aliphatic heterocycles. The number of hydrogen-bond donors (Lipinski definition) is 1. The number of amides is 1. The fourth-order valence-electron chi connectivity index (χ4n) is 2.43. The van der Waals surface area contributed by atoms with Crippen LogP contribution in [0.15, 0.2) is 30.5 Å². The molecule has 0 bridgehead atoms. The zero-order valence-electron chi connectivity index (χ0n) is 14.6. The summed E-state index contributed by atoms with van der Waals surface area (Å²) in [6.07, 6.45) is -3.41. The highest BCUT2D eigenvalue weighted by Gasteiger charge is 2.35. The molecule has 0 saturated carbocycles. The molecule has 0 radical (unpaired) electrons. The molecular weight excluding hydrogens is 351 g/mol. The minimum absolute atomic E-state index is 0.0546. The summed E-state index contributed by atoms with van der Waals surface area (Å²) in [5.74, 6) is -1.30. The maximum atomic E-state index is 13.2.